The highest BCUT2D eigenvalue weighted by Crippen LogP contribution is 2.45. The number of likely N-dealkylation sites (tertiary alicyclic amines) is 1. The molecule has 0 saturated carbocycles. The van der Waals surface area contributed by atoms with E-state index >= 15 is 0 Å². The molecule has 0 atom stereocenters. The number of rotatable bonds is 2. The molecule has 0 unspecified atom stereocenters. The summed E-state index contributed by atoms with van der Waals surface area (Å²) in [5, 5.41) is 2.95. The molecule has 2 aromatic rings. The van der Waals surface area contributed by atoms with Crippen molar-refractivity contribution >= 4 is 45.3 Å². The third-order valence-electron chi connectivity index (χ3n) is 5.97. The van der Waals surface area contributed by atoms with Gasteiger partial charge in [0.1, 0.15) is 0 Å². The second-order valence-corrected chi connectivity index (χ2v) is 10.1. The van der Waals surface area contributed by atoms with Gasteiger partial charge in [0.2, 0.25) is 6.79 Å². The lowest BCUT2D eigenvalue weighted by Crippen LogP contribution is -2.54. The molecule has 3 aliphatic heterocycles. The zero-order valence-electron chi connectivity index (χ0n) is 16.8. The Labute approximate surface area is 193 Å². The first-order valence-electron chi connectivity index (χ1n) is 10.2. The van der Waals surface area contributed by atoms with E-state index in [0.29, 0.717) is 36.7 Å². The van der Waals surface area contributed by atoms with Crippen LogP contribution in [-0.4, -0.2) is 58.8 Å². The van der Waals surface area contributed by atoms with Gasteiger partial charge in [-0.3, -0.25) is 4.79 Å². The average Bonchev–Trinajstić information content (AvgIpc) is 3.42. The van der Waals surface area contributed by atoms with Gasteiger partial charge in [-0.1, -0.05) is 15.9 Å². The summed E-state index contributed by atoms with van der Waals surface area (Å²) < 4.78 is 11.8. The first-order chi connectivity index (χ1) is 15.0. The van der Waals surface area contributed by atoms with Gasteiger partial charge in [-0.25, -0.2) is 4.79 Å². The highest BCUT2D eigenvalue weighted by Gasteiger charge is 2.47. The van der Waals surface area contributed by atoms with Crippen LogP contribution < -0.4 is 14.8 Å². The van der Waals surface area contributed by atoms with Crippen LogP contribution in [0.25, 0.3) is 0 Å². The van der Waals surface area contributed by atoms with E-state index in [2.05, 4.69) is 21.2 Å². The predicted octanol–water partition coefficient (Wildman–Crippen LogP) is 4.39. The maximum Gasteiger partial charge on any atom is 0.321 e. The molecular weight excluding hydrogens is 482 g/mol. The minimum Gasteiger partial charge on any atom is -0.454 e. The van der Waals surface area contributed by atoms with Crippen LogP contribution >= 0.6 is 27.7 Å². The van der Waals surface area contributed by atoms with E-state index in [0.717, 1.165) is 28.8 Å². The number of urea groups is 1. The van der Waals surface area contributed by atoms with E-state index in [1.54, 1.807) is 18.2 Å². The number of fused-ring (bicyclic) bond motifs is 1. The first kappa shape index (κ1) is 20.5. The monoisotopic (exact) mass is 503 g/mol. The molecule has 3 amide bonds. The summed E-state index contributed by atoms with van der Waals surface area (Å²) in [7, 11) is 0. The lowest BCUT2D eigenvalue weighted by molar-refractivity contribution is 0.0585. The van der Waals surface area contributed by atoms with Crippen molar-refractivity contribution in [2.24, 2.45) is 0 Å². The van der Waals surface area contributed by atoms with Crippen LogP contribution in [0.3, 0.4) is 0 Å². The highest BCUT2D eigenvalue weighted by atomic mass is 79.9. The Morgan fingerprint density at radius 1 is 1.00 bits per heavy atom. The van der Waals surface area contributed by atoms with Crippen molar-refractivity contribution in [1.29, 1.82) is 0 Å². The van der Waals surface area contributed by atoms with Crippen molar-refractivity contribution in [2.75, 3.05) is 37.5 Å². The van der Waals surface area contributed by atoms with Gasteiger partial charge in [0.05, 0.1) is 4.87 Å². The summed E-state index contributed by atoms with van der Waals surface area (Å²) in [4.78, 5) is 29.6. The molecular formula is C22H22BrN3O4S. The lowest BCUT2D eigenvalue weighted by Gasteiger charge is -2.44. The molecule has 1 spiro atoms. The van der Waals surface area contributed by atoms with Crippen LogP contribution in [0.5, 0.6) is 11.5 Å². The Kier molecular flexibility index (Phi) is 5.47. The number of ether oxygens (including phenoxy) is 2. The smallest absolute Gasteiger partial charge is 0.321 e. The molecule has 0 bridgehead atoms. The topological polar surface area (TPSA) is 71.1 Å². The molecule has 3 heterocycles. The maximum atomic E-state index is 13.3. The minimum absolute atomic E-state index is 0.0102. The zero-order chi connectivity index (χ0) is 21.4. The Bertz CT molecular complexity index is 1010. The van der Waals surface area contributed by atoms with Crippen LogP contribution in [0.4, 0.5) is 10.5 Å². The molecule has 1 N–H and O–H groups in total. The van der Waals surface area contributed by atoms with Gasteiger partial charge in [0, 0.05) is 41.1 Å². The van der Waals surface area contributed by atoms with Crippen molar-refractivity contribution in [2.45, 2.75) is 17.7 Å². The van der Waals surface area contributed by atoms with Gasteiger partial charge < -0.3 is 24.6 Å². The normalized spacial score (nSPS) is 19.0. The fraction of sp³-hybridized carbons (Fsp3) is 0.364. The van der Waals surface area contributed by atoms with Gasteiger partial charge >= 0.3 is 6.03 Å². The van der Waals surface area contributed by atoms with Gasteiger partial charge in [0.25, 0.3) is 5.91 Å². The molecule has 0 aliphatic carbocycles. The SMILES string of the molecule is O=C(Nc1ccc(Br)cc1)N1CCC2(CC1)SCCN2C(=O)c1ccc2c(c1)OCO2. The van der Waals surface area contributed by atoms with E-state index in [4.69, 9.17) is 9.47 Å². The van der Waals surface area contributed by atoms with Crippen molar-refractivity contribution in [3.63, 3.8) is 0 Å². The highest BCUT2D eigenvalue weighted by molar-refractivity contribution is 9.10. The molecule has 7 nitrogen and oxygen atoms in total. The summed E-state index contributed by atoms with van der Waals surface area (Å²) >= 11 is 5.23. The number of nitrogens with zero attached hydrogens (tertiary/aromatic N) is 2. The predicted molar refractivity (Wildman–Crippen MR) is 123 cm³/mol. The lowest BCUT2D eigenvalue weighted by atomic mass is 10.0. The molecule has 5 rings (SSSR count). The molecule has 2 aromatic carbocycles. The van der Waals surface area contributed by atoms with E-state index in [1.807, 2.05) is 45.8 Å². The number of anilines is 1. The van der Waals surface area contributed by atoms with Crippen molar-refractivity contribution in [1.82, 2.24) is 9.80 Å². The molecule has 9 heteroatoms. The summed E-state index contributed by atoms with van der Waals surface area (Å²) in [6, 6.07) is 12.8. The summed E-state index contributed by atoms with van der Waals surface area (Å²) in [5.74, 6) is 2.20. The third-order valence-corrected chi connectivity index (χ3v) is 8.05. The third kappa shape index (κ3) is 3.96. The number of hydrogen-bond donors (Lipinski definition) is 1. The van der Waals surface area contributed by atoms with Crippen LogP contribution in [0.2, 0.25) is 0 Å². The molecule has 31 heavy (non-hydrogen) atoms. The fourth-order valence-electron chi connectivity index (χ4n) is 4.29. The number of hydrogen-bond acceptors (Lipinski definition) is 5. The van der Waals surface area contributed by atoms with Crippen LogP contribution in [0.15, 0.2) is 46.9 Å². The standard InChI is InChI=1S/C22H22BrN3O4S/c23-16-2-4-17(5-3-16)24-21(28)25-9-7-22(8-10-25)26(11-12-31-22)20(27)15-1-6-18-19(13-15)30-14-29-18/h1-6,13H,7-12,14H2,(H,24,28). The van der Waals surface area contributed by atoms with Crippen molar-refractivity contribution in [3.05, 3.63) is 52.5 Å². The second-order valence-electron chi connectivity index (χ2n) is 7.74. The number of amides is 3. The van der Waals surface area contributed by atoms with Gasteiger partial charge in [0.15, 0.2) is 11.5 Å². The number of carbonyl (C=O) groups is 2. The molecule has 2 fully saturated rings. The maximum absolute atomic E-state index is 13.3. The minimum atomic E-state index is -0.262. The fourth-order valence-corrected chi connectivity index (χ4v) is 6.01. The van der Waals surface area contributed by atoms with Gasteiger partial charge in [-0.2, -0.15) is 0 Å². The molecule has 2 saturated heterocycles. The van der Waals surface area contributed by atoms with Crippen LogP contribution in [-0.2, 0) is 0 Å². The Hall–Kier alpha value is -2.39. The van der Waals surface area contributed by atoms with Gasteiger partial charge in [-0.05, 0) is 55.3 Å². The number of carbonyl (C=O) groups excluding carboxylic acids is 2. The molecule has 162 valence electrons. The van der Waals surface area contributed by atoms with Crippen molar-refractivity contribution < 1.29 is 19.1 Å². The number of benzene rings is 2. The average molecular weight is 504 g/mol. The Balaban J connectivity index is 1.25. The van der Waals surface area contributed by atoms with E-state index < -0.39 is 0 Å². The number of halogens is 1. The first-order valence-corrected chi connectivity index (χ1v) is 12.0. The van der Waals surface area contributed by atoms with E-state index in [-0.39, 0.29) is 23.6 Å². The van der Waals surface area contributed by atoms with Crippen molar-refractivity contribution in [3.8, 4) is 11.5 Å². The Morgan fingerprint density at radius 2 is 1.74 bits per heavy atom. The zero-order valence-corrected chi connectivity index (χ0v) is 19.2. The number of nitrogens with one attached hydrogen (secondary N) is 1. The summed E-state index contributed by atoms with van der Waals surface area (Å²) in [5.41, 5.74) is 1.38. The quantitative estimate of drug-likeness (QED) is 0.657. The van der Waals surface area contributed by atoms with Crippen LogP contribution in [0, 0.1) is 0 Å². The second kappa shape index (κ2) is 8.27. The number of thioether (sulfide) groups is 1. The van der Waals surface area contributed by atoms with E-state index in [1.165, 1.54) is 0 Å². The molecule has 0 radical (unpaired) electrons. The molecule has 3 aliphatic rings. The largest absolute Gasteiger partial charge is 0.454 e. The summed E-state index contributed by atoms with van der Waals surface area (Å²) in [6.07, 6.45) is 1.50. The number of piperidine rings is 1. The molecule has 0 aromatic heterocycles. The summed E-state index contributed by atoms with van der Waals surface area (Å²) in [6.45, 7) is 2.12. The Morgan fingerprint density at radius 3 is 2.52 bits per heavy atom. The van der Waals surface area contributed by atoms with Gasteiger partial charge in [-0.15, -0.1) is 11.8 Å². The van der Waals surface area contributed by atoms with E-state index in [9.17, 15) is 9.59 Å². The van der Waals surface area contributed by atoms with Crippen LogP contribution in [0.1, 0.15) is 23.2 Å².